The molecule has 6 heteroatoms. The molecule has 0 unspecified atom stereocenters. The number of anilines is 1. The third-order valence-corrected chi connectivity index (χ3v) is 3.47. The lowest BCUT2D eigenvalue weighted by Gasteiger charge is -2.21. The van der Waals surface area contributed by atoms with E-state index >= 15 is 0 Å². The average Bonchev–Trinajstić information content (AvgIpc) is 3.16. The molecule has 3 rings (SSSR count). The molecule has 21 heavy (non-hydrogen) atoms. The van der Waals surface area contributed by atoms with Gasteiger partial charge in [-0.3, -0.25) is 4.79 Å². The van der Waals surface area contributed by atoms with Crippen molar-refractivity contribution < 1.29 is 18.0 Å². The van der Waals surface area contributed by atoms with Crippen LogP contribution in [0.5, 0.6) is 0 Å². The second-order valence-corrected chi connectivity index (χ2v) is 5.10. The van der Waals surface area contributed by atoms with Crippen LogP contribution in [0.15, 0.2) is 34.9 Å². The van der Waals surface area contributed by atoms with E-state index in [1.807, 2.05) is 0 Å². The third-order valence-electron chi connectivity index (χ3n) is 3.47. The molecule has 0 spiro atoms. The summed E-state index contributed by atoms with van der Waals surface area (Å²) in [7, 11) is 0. The van der Waals surface area contributed by atoms with Crippen LogP contribution in [0.1, 0.15) is 29.0 Å². The van der Waals surface area contributed by atoms with E-state index in [1.54, 1.807) is 12.1 Å². The Balaban J connectivity index is 1.89. The third kappa shape index (κ3) is 2.74. The maximum Gasteiger partial charge on any atom is 0.257 e. The monoisotopic (exact) mass is 292 g/mol. The van der Waals surface area contributed by atoms with E-state index in [1.165, 1.54) is 11.2 Å². The highest BCUT2D eigenvalue weighted by atomic mass is 19.1. The Morgan fingerprint density at radius 1 is 1.33 bits per heavy atom. The van der Waals surface area contributed by atoms with Gasteiger partial charge >= 0.3 is 0 Å². The van der Waals surface area contributed by atoms with Crippen molar-refractivity contribution in [2.45, 2.75) is 25.4 Å². The highest BCUT2D eigenvalue weighted by Crippen LogP contribution is 2.31. The highest BCUT2D eigenvalue weighted by molar-refractivity contribution is 5.95. The van der Waals surface area contributed by atoms with Crippen LogP contribution in [-0.4, -0.2) is 16.8 Å². The number of carbonyl (C=O) groups is 1. The molecule has 1 aliphatic rings. The Hall–Kier alpha value is -2.37. The molecule has 4 nitrogen and oxygen atoms in total. The van der Waals surface area contributed by atoms with Gasteiger partial charge in [0.1, 0.15) is 17.4 Å². The number of nitrogens with zero attached hydrogens (tertiary/aromatic N) is 1. The number of halogens is 2. The zero-order valence-electron chi connectivity index (χ0n) is 11.2. The van der Waals surface area contributed by atoms with E-state index in [9.17, 15) is 13.6 Å². The quantitative estimate of drug-likeness (QED) is 0.881. The van der Waals surface area contributed by atoms with Crippen LogP contribution in [0.25, 0.3) is 0 Å². The van der Waals surface area contributed by atoms with E-state index in [0.29, 0.717) is 11.8 Å². The van der Waals surface area contributed by atoms with Crippen LogP contribution in [-0.2, 0) is 6.54 Å². The number of carbonyl (C=O) groups excluding carboxylic acids is 1. The molecule has 1 aromatic carbocycles. The normalized spacial score (nSPS) is 14.2. The first-order valence-corrected chi connectivity index (χ1v) is 6.64. The zero-order chi connectivity index (χ0) is 15.0. The van der Waals surface area contributed by atoms with Crippen LogP contribution >= 0.6 is 0 Å². The zero-order valence-corrected chi connectivity index (χ0v) is 11.2. The van der Waals surface area contributed by atoms with Crippen molar-refractivity contribution in [1.82, 2.24) is 4.90 Å². The Kier molecular flexibility index (Phi) is 3.37. The van der Waals surface area contributed by atoms with Crippen LogP contribution in [0, 0.1) is 11.6 Å². The van der Waals surface area contributed by atoms with Crippen molar-refractivity contribution in [3.8, 4) is 0 Å². The van der Waals surface area contributed by atoms with Crippen LogP contribution in [0.2, 0.25) is 0 Å². The van der Waals surface area contributed by atoms with Crippen molar-refractivity contribution in [2.75, 3.05) is 5.73 Å². The molecule has 1 saturated carbocycles. The SMILES string of the molecule is Nc1cc(C(=O)N(Cc2ccco2)C2CC2)c(F)cc1F. The molecule has 0 radical (unpaired) electrons. The van der Waals surface area contributed by atoms with Gasteiger partial charge in [0, 0.05) is 12.1 Å². The van der Waals surface area contributed by atoms with Gasteiger partial charge in [-0.05, 0) is 31.0 Å². The van der Waals surface area contributed by atoms with E-state index < -0.39 is 17.5 Å². The predicted octanol–water partition coefficient (Wildman–Crippen LogP) is 2.94. The summed E-state index contributed by atoms with van der Waals surface area (Å²) >= 11 is 0. The first-order chi connectivity index (χ1) is 10.1. The van der Waals surface area contributed by atoms with Gasteiger partial charge in [0.2, 0.25) is 0 Å². The molecule has 1 fully saturated rings. The predicted molar refractivity (Wildman–Crippen MR) is 72.4 cm³/mol. The summed E-state index contributed by atoms with van der Waals surface area (Å²) in [5.41, 5.74) is 4.97. The molecule has 0 atom stereocenters. The number of amides is 1. The number of furan rings is 1. The van der Waals surface area contributed by atoms with Crippen molar-refractivity contribution in [3.05, 3.63) is 53.5 Å². The van der Waals surface area contributed by atoms with E-state index in [-0.39, 0.29) is 23.8 Å². The summed E-state index contributed by atoms with van der Waals surface area (Å²) in [6.45, 7) is 0.257. The van der Waals surface area contributed by atoms with Gasteiger partial charge in [0.25, 0.3) is 5.91 Å². The summed E-state index contributed by atoms with van der Waals surface area (Å²) in [4.78, 5) is 14.0. The summed E-state index contributed by atoms with van der Waals surface area (Å²) in [6.07, 6.45) is 3.25. The molecule has 0 saturated heterocycles. The Labute approximate surface area is 120 Å². The second-order valence-electron chi connectivity index (χ2n) is 5.10. The topological polar surface area (TPSA) is 59.5 Å². The van der Waals surface area contributed by atoms with Crippen molar-refractivity contribution in [3.63, 3.8) is 0 Å². The van der Waals surface area contributed by atoms with Crippen molar-refractivity contribution >= 4 is 11.6 Å². The first kappa shape index (κ1) is 13.6. The van der Waals surface area contributed by atoms with Gasteiger partial charge in [-0.1, -0.05) is 0 Å². The molecule has 1 heterocycles. The smallest absolute Gasteiger partial charge is 0.257 e. The summed E-state index contributed by atoms with van der Waals surface area (Å²) in [5, 5.41) is 0. The number of nitrogens with two attached hydrogens (primary N) is 1. The van der Waals surface area contributed by atoms with Gasteiger partial charge in [-0.2, -0.15) is 0 Å². The maximum absolute atomic E-state index is 13.8. The van der Waals surface area contributed by atoms with Gasteiger partial charge in [-0.15, -0.1) is 0 Å². The van der Waals surface area contributed by atoms with E-state index in [0.717, 1.165) is 18.9 Å². The maximum atomic E-state index is 13.8. The lowest BCUT2D eigenvalue weighted by atomic mass is 10.1. The summed E-state index contributed by atoms with van der Waals surface area (Å²) < 4.78 is 32.3. The van der Waals surface area contributed by atoms with Gasteiger partial charge in [0.05, 0.1) is 24.1 Å². The number of hydrogen-bond donors (Lipinski definition) is 1. The van der Waals surface area contributed by atoms with Crippen LogP contribution in [0.4, 0.5) is 14.5 Å². The molecular formula is C15H14F2N2O2. The minimum absolute atomic E-state index is 0.0632. The molecular weight excluding hydrogens is 278 g/mol. The van der Waals surface area contributed by atoms with Gasteiger partial charge in [0.15, 0.2) is 0 Å². The fraction of sp³-hybridized carbons (Fsp3) is 0.267. The Bertz CT molecular complexity index is 667. The fourth-order valence-electron chi connectivity index (χ4n) is 2.21. The van der Waals surface area contributed by atoms with Crippen molar-refractivity contribution in [2.24, 2.45) is 0 Å². The lowest BCUT2D eigenvalue weighted by Crippen LogP contribution is -2.33. The molecule has 1 amide bonds. The van der Waals surface area contributed by atoms with E-state index in [4.69, 9.17) is 10.2 Å². The minimum Gasteiger partial charge on any atom is -0.467 e. The van der Waals surface area contributed by atoms with Gasteiger partial charge in [-0.25, -0.2) is 8.78 Å². The van der Waals surface area contributed by atoms with Crippen LogP contribution in [0.3, 0.4) is 0 Å². The number of benzene rings is 1. The fourth-order valence-corrected chi connectivity index (χ4v) is 2.21. The molecule has 0 aliphatic heterocycles. The summed E-state index contributed by atoms with van der Waals surface area (Å²) in [5.74, 6) is -1.66. The minimum atomic E-state index is -0.906. The average molecular weight is 292 g/mol. The Morgan fingerprint density at radius 3 is 2.71 bits per heavy atom. The molecule has 1 aromatic heterocycles. The van der Waals surface area contributed by atoms with Crippen LogP contribution < -0.4 is 5.73 Å². The standard InChI is InChI=1S/C15H14F2N2O2/c16-12-7-13(17)14(18)6-11(12)15(20)19(9-3-4-9)8-10-2-1-5-21-10/h1-2,5-7,9H,3-4,8,18H2. The van der Waals surface area contributed by atoms with Crippen molar-refractivity contribution in [1.29, 1.82) is 0 Å². The first-order valence-electron chi connectivity index (χ1n) is 6.64. The second kappa shape index (κ2) is 5.20. The molecule has 1 aliphatic carbocycles. The molecule has 110 valence electrons. The van der Waals surface area contributed by atoms with Gasteiger partial charge < -0.3 is 15.1 Å². The number of nitrogen functional groups attached to an aromatic ring is 1. The molecule has 2 aromatic rings. The largest absolute Gasteiger partial charge is 0.467 e. The lowest BCUT2D eigenvalue weighted by molar-refractivity contribution is 0.0712. The Morgan fingerprint density at radius 2 is 2.10 bits per heavy atom. The molecule has 0 bridgehead atoms. The number of rotatable bonds is 4. The summed E-state index contributed by atoms with van der Waals surface area (Å²) in [6, 6.07) is 5.22. The highest BCUT2D eigenvalue weighted by Gasteiger charge is 2.34. The molecule has 2 N–H and O–H groups in total. The number of hydrogen-bond acceptors (Lipinski definition) is 3. The van der Waals surface area contributed by atoms with E-state index in [2.05, 4.69) is 0 Å².